The van der Waals surface area contributed by atoms with Crippen molar-refractivity contribution in [1.29, 1.82) is 0 Å². The minimum atomic E-state index is 0.0287. The minimum Gasteiger partial charge on any atom is -0.206 e. The molecule has 2 aromatic carbocycles. The van der Waals surface area contributed by atoms with Crippen LogP contribution in [0.5, 0.6) is 0 Å². The lowest BCUT2D eigenvalue weighted by atomic mass is 9.68. The average molecular weight is 477 g/mol. The first-order valence-corrected chi connectivity index (χ1v) is 15.0. The van der Waals surface area contributed by atoms with Crippen LogP contribution in [0, 0.1) is 29.5 Å². The third-order valence-electron chi connectivity index (χ3n) is 9.23. The van der Waals surface area contributed by atoms with E-state index in [-0.39, 0.29) is 5.82 Å². The van der Waals surface area contributed by atoms with Crippen molar-refractivity contribution in [1.82, 2.24) is 0 Å². The third kappa shape index (κ3) is 7.43. The number of hydrogen-bond donors (Lipinski definition) is 0. The Morgan fingerprint density at radius 1 is 0.800 bits per heavy atom. The second kappa shape index (κ2) is 13.6. The van der Waals surface area contributed by atoms with Crippen LogP contribution < -0.4 is 0 Å². The van der Waals surface area contributed by atoms with Gasteiger partial charge in [-0.15, -0.1) is 0 Å². The maximum Gasteiger partial charge on any atom is 0.134 e. The van der Waals surface area contributed by atoms with Gasteiger partial charge in [0.25, 0.3) is 0 Å². The molecule has 0 bridgehead atoms. The molecule has 4 rings (SSSR count). The Kier molecular flexibility index (Phi) is 10.3. The molecule has 35 heavy (non-hydrogen) atoms. The van der Waals surface area contributed by atoms with Gasteiger partial charge in [0.2, 0.25) is 0 Å². The van der Waals surface area contributed by atoms with Crippen molar-refractivity contribution < 1.29 is 4.39 Å². The third-order valence-corrected chi connectivity index (χ3v) is 9.23. The number of rotatable bonds is 11. The van der Waals surface area contributed by atoms with Gasteiger partial charge in [-0.2, -0.15) is 0 Å². The van der Waals surface area contributed by atoms with Crippen molar-refractivity contribution in [3.63, 3.8) is 0 Å². The molecule has 0 amide bonds. The van der Waals surface area contributed by atoms with Crippen LogP contribution in [0.1, 0.15) is 115 Å². The van der Waals surface area contributed by atoms with Gasteiger partial charge in [0.05, 0.1) is 0 Å². The predicted octanol–water partition coefficient (Wildman–Crippen LogP) is 10.6. The lowest BCUT2D eigenvalue weighted by Gasteiger charge is -2.37. The zero-order valence-corrected chi connectivity index (χ0v) is 22.5. The molecule has 0 heterocycles. The number of allylic oxidation sites excluding steroid dienone is 2. The normalized spacial score (nSPS) is 25.5. The Bertz CT molecular complexity index is 925. The minimum absolute atomic E-state index is 0.0287. The summed E-state index contributed by atoms with van der Waals surface area (Å²) in [5.41, 5.74) is 2.27. The molecule has 1 heteroatoms. The molecule has 0 atom stereocenters. The highest BCUT2D eigenvalue weighted by Gasteiger charge is 2.30. The first-order valence-electron chi connectivity index (χ1n) is 15.0. The fraction of sp³-hybridized carbons (Fsp3) is 0.647. The number of fused-ring (bicyclic) bond motifs is 1. The molecular formula is C34H49F. The standard InChI is InChI=1S/C34H49F/c1-3-5-7-9-26-11-17-29(18-12-26)30-19-13-27(14-20-30)15-21-31-22-23-32-25-28(10-8-6-4-2)16-24-33(32)34(31)35/h7,9,16,22-27,29-30H,3-6,8,10-15,17-21H2,1-2H3/b9-7+. The SMILES string of the molecule is CCC/C=C/C1CCC(C2CCC(CCc3ccc4cc(CCCCC)ccc4c3F)CC2)CC1. The van der Waals surface area contributed by atoms with Crippen LogP contribution >= 0.6 is 0 Å². The van der Waals surface area contributed by atoms with Gasteiger partial charge in [-0.25, -0.2) is 4.39 Å². The van der Waals surface area contributed by atoms with Gasteiger partial charge < -0.3 is 0 Å². The Morgan fingerprint density at radius 3 is 2.26 bits per heavy atom. The molecule has 2 aliphatic rings. The number of benzene rings is 2. The summed E-state index contributed by atoms with van der Waals surface area (Å²) in [5.74, 6) is 3.59. The quantitative estimate of drug-likeness (QED) is 0.223. The molecule has 2 aliphatic carbocycles. The first-order chi connectivity index (χ1) is 17.2. The number of halogens is 1. The molecule has 2 saturated carbocycles. The fourth-order valence-electron chi connectivity index (χ4n) is 6.89. The molecule has 2 aromatic rings. The number of aryl methyl sites for hydroxylation is 2. The molecule has 192 valence electrons. The summed E-state index contributed by atoms with van der Waals surface area (Å²) < 4.78 is 15.3. The maximum atomic E-state index is 15.3. The highest BCUT2D eigenvalue weighted by molar-refractivity contribution is 5.84. The van der Waals surface area contributed by atoms with Crippen LogP contribution in [0.25, 0.3) is 10.8 Å². The van der Waals surface area contributed by atoms with E-state index in [4.69, 9.17) is 0 Å². The van der Waals surface area contributed by atoms with Gasteiger partial charge in [-0.1, -0.05) is 88.4 Å². The highest BCUT2D eigenvalue weighted by atomic mass is 19.1. The van der Waals surface area contributed by atoms with Gasteiger partial charge >= 0.3 is 0 Å². The molecule has 0 radical (unpaired) electrons. The van der Waals surface area contributed by atoms with Gasteiger partial charge in [-0.3, -0.25) is 0 Å². The second-order valence-corrected chi connectivity index (χ2v) is 11.8. The van der Waals surface area contributed by atoms with Gasteiger partial charge in [-0.05, 0) is 111 Å². The number of hydrogen-bond acceptors (Lipinski definition) is 0. The van der Waals surface area contributed by atoms with Crippen molar-refractivity contribution in [2.45, 2.75) is 117 Å². The van der Waals surface area contributed by atoms with Crippen LogP contribution in [0.15, 0.2) is 42.5 Å². The molecule has 0 N–H and O–H groups in total. The molecule has 0 aliphatic heterocycles. The van der Waals surface area contributed by atoms with E-state index in [1.54, 1.807) is 0 Å². The molecule has 0 saturated heterocycles. The van der Waals surface area contributed by atoms with Crippen molar-refractivity contribution in [3.05, 3.63) is 59.4 Å². The number of unbranched alkanes of at least 4 members (excludes halogenated alkanes) is 3. The van der Waals surface area contributed by atoms with Crippen molar-refractivity contribution in [3.8, 4) is 0 Å². The largest absolute Gasteiger partial charge is 0.206 e. The Hall–Kier alpha value is -1.63. The van der Waals surface area contributed by atoms with Gasteiger partial charge in [0.1, 0.15) is 5.82 Å². The van der Waals surface area contributed by atoms with Gasteiger partial charge in [0.15, 0.2) is 0 Å². The molecule has 0 nitrogen and oxygen atoms in total. The van der Waals surface area contributed by atoms with Crippen LogP contribution in [-0.2, 0) is 12.8 Å². The van der Waals surface area contributed by atoms with E-state index in [1.807, 2.05) is 6.07 Å². The summed E-state index contributed by atoms with van der Waals surface area (Å²) in [6.45, 7) is 4.50. The van der Waals surface area contributed by atoms with Crippen LogP contribution in [0.4, 0.5) is 4.39 Å². The molecular weight excluding hydrogens is 427 g/mol. The van der Waals surface area contributed by atoms with Crippen LogP contribution in [-0.4, -0.2) is 0 Å². The zero-order chi connectivity index (χ0) is 24.5. The van der Waals surface area contributed by atoms with Crippen LogP contribution in [0.3, 0.4) is 0 Å². The van der Waals surface area contributed by atoms with Crippen molar-refractivity contribution in [2.75, 3.05) is 0 Å². The van der Waals surface area contributed by atoms with E-state index in [0.717, 1.165) is 59.3 Å². The lowest BCUT2D eigenvalue weighted by molar-refractivity contribution is 0.152. The second-order valence-electron chi connectivity index (χ2n) is 11.8. The molecule has 0 spiro atoms. The highest BCUT2D eigenvalue weighted by Crippen LogP contribution is 2.42. The van der Waals surface area contributed by atoms with E-state index in [2.05, 4.69) is 50.3 Å². The summed E-state index contributed by atoms with van der Waals surface area (Å²) in [7, 11) is 0. The van der Waals surface area contributed by atoms with Gasteiger partial charge in [0, 0.05) is 5.39 Å². The fourth-order valence-corrected chi connectivity index (χ4v) is 6.89. The predicted molar refractivity (Wildman–Crippen MR) is 150 cm³/mol. The lowest BCUT2D eigenvalue weighted by Crippen LogP contribution is -2.25. The van der Waals surface area contributed by atoms with Crippen molar-refractivity contribution >= 4 is 10.8 Å². The summed E-state index contributed by atoms with van der Waals surface area (Å²) in [6.07, 6.45) is 25.6. The first kappa shape index (κ1) is 26.4. The summed E-state index contributed by atoms with van der Waals surface area (Å²) in [4.78, 5) is 0. The molecule has 0 unspecified atom stereocenters. The molecule has 2 fully saturated rings. The Balaban J connectivity index is 1.22. The summed E-state index contributed by atoms with van der Waals surface area (Å²) in [6, 6.07) is 10.6. The topological polar surface area (TPSA) is 0 Å². The Labute approximate surface area is 214 Å². The average Bonchev–Trinajstić information content (AvgIpc) is 2.89. The monoisotopic (exact) mass is 476 g/mol. The van der Waals surface area contributed by atoms with E-state index < -0.39 is 0 Å². The van der Waals surface area contributed by atoms with E-state index in [9.17, 15) is 0 Å². The Morgan fingerprint density at radius 2 is 1.54 bits per heavy atom. The van der Waals surface area contributed by atoms with Crippen LogP contribution in [0.2, 0.25) is 0 Å². The van der Waals surface area contributed by atoms with Crippen molar-refractivity contribution in [2.24, 2.45) is 23.7 Å². The smallest absolute Gasteiger partial charge is 0.134 e. The molecule has 0 aromatic heterocycles. The van der Waals surface area contributed by atoms with E-state index >= 15 is 4.39 Å². The summed E-state index contributed by atoms with van der Waals surface area (Å²) >= 11 is 0. The maximum absolute atomic E-state index is 15.3. The van der Waals surface area contributed by atoms with E-state index in [0.29, 0.717) is 0 Å². The summed E-state index contributed by atoms with van der Waals surface area (Å²) in [5, 5.41) is 1.88. The zero-order valence-electron chi connectivity index (χ0n) is 22.5. The van der Waals surface area contributed by atoms with E-state index in [1.165, 1.54) is 89.0 Å².